The summed E-state index contributed by atoms with van der Waals surface area (Å²) in [6.07, 6.45) is 2.12. The summed E-state index contributed by atoms with van der Waals surface area (Å²) in [5, 5.41) is 0. The van der Waals surface area contributed by atoms with E-state index in [0.29, 0.717) is 12.3 Å². The van der Waals surface area contributed by atoms with Crippen molar-refractivity contribution in [1.82, 2.24) is 0 Å². The van der Waals surface area contributed by atoms with E-state index < -0.39 is 0 Å². The topological polar surface area (TPSA) is 29.4 Å². The first kappa shape index (κ1) is 11.6. The van der Waals surface area contributed by atoms with Crippen LogP contribution < -0.4 is 0 Å². The molecule has 0 saturated heterocycles. The molecule has 0 radical (unpaired) electrons. The smallest absolute Gasteiger partial charge is 0.168 e. The van der Waals surface area contributed by atoms with Crippen LogP contribution in [0.2, 0.25) is 0 Å². The van der Waals surface area contributed by atoms with Crippen molar-refractivity contribution in [1.29, 1.82) is 0 Å². The molecule has 15 heavy (non-hydrogen) atoms. The number of benzene rings is 1. The summed E-state index contributed by atoms with van der Waals surface area (Å²) in [5.74, 6) is 0.677. The maximum atomic E-state index is 11.6. The van der Waals surface area contributed by atoms with Crippen LogP contribution in [0.4, 0.5) is 0 Å². The van der Waals surface area contributed by atoms with E-state index in [9.17, 15) is 4.79 Å². The van der Waals surface area contributed by atoms with Gasteiger partial charge in [0.2, 0.25) is 0 Å². The molecule has 1 rings (SSSR count). The third-order valence-electron chi connectivity index (χ3n) is 1.97. The number of aliphatic imine (C=N–C) groups is 1. The summed E-state index contributed by atoms with van der Waals surface area (Å²) in [6.45, 7) is 5.01. The largest absolute Gasteiger partial charge is 0.297 e. The predicted molar refractivity (Wildman–Crippen MR) is 63.6 cm³/mol. The molecule has 0 amide bonds. The number of carbonyl (C=O) groups is 1. The summed E-state index contributed by atoms with van der Waals surface area (Å²) in [7, 11) is 0. The summed E-state index contributed by atoms with van der Waals surface area (Å²) in [6, 6.07) is 9.32. The van der Waals surface area contributed by atoms with Crippen molar-refractivity contribution in [2.24, 2.45) is 10.9 Å². The number of hydrogen-bond donors (Lipinski definition) is 0. The fourth-order valence-corrected chi connectivity index (χ4v) is 1.17. The number of hydrogen-bond acceptors (Lipinski definition) is 2. The van der Waals surface area contributed by atoms with E-state index in [-0.39, 0.29) is 5.78 Å². The van der Waals surface area contributed by atoms with Gasteiger partial charge in [-0.3, -0.25) is 9.79 Å². The van der Waals surface area contributed by atoms with Crippen LogP contribution in [0, 0.1) is 5.92 Å². The first-order chi connectivity index (χ1) is 7.20. The van der Waals surface area contributed by atoms with E-state index in [0.717, 1.165) is 12.1 Å². The van der Waals surface area contributed by atoms with E-state index in [2.05, 4.69) is 18.8 Å². The van der Waals surface area contributed by atoms with Crippen LogP contribution >= 0.6 is 0 Å². The number of carbonyl (C=O) groups excluding carboxylic acids is 1. The molecule has 0 aliphatic rings. The highest BCUT2D eigenvalue weighted by atomic mass is 16.1. The standard InChI is InChI=1S/C13H17NO/c1-11(2)10-14-9-8-13(15)12-6-4-3-5-7-12/h3-7,9,11H,8,10H2,1-2H3. The van der Waals surface area contributed by atoms with Crippen molar-refractivity contribution < 1.29 is 4.79 Å². The lowest BCUT2D eigenvalue weighted by Gasteiger charge is -1.98. The molecular weight excluding hydrogens is 186 g/mol. The molecule has 0 unspecified atom stereocenters. The fourth-order valence-electron chi connectivity index (χ4n) is 1.17. The summed E-state index contributed by atoms with van der Waals surface area (Å²) in [4.78, 5) is 15.8. The van der Waals surface area contributed by atoms with Gasteiger partial charge >= 0.3 is 0 Å². The monoisotopic (exact) mass is 203 g/mol. The van der Waals surface area contributed by atoms with Crippen molar-refractivity contribution in [2.75, 3.05) is 6.54 Å². The molecule has 2 nitrogen and oxygen atoms in total. The second-order valence-electron chi connectivity index (χ2n) is 3.93. The lowest BCUT2D eigenvalue weighted by atomic mass is 10.1. The normalized spacial score (nSPS) is 11.1. The van der Waals surface area contributed by atoms with E-state index >= 15 is 0 Å². The highest BCUT2D eigenvalue weighted by molar-refractivity contribution is 6.03. The molecule has 0 aliphatic heterocycles. The minimum Gasteiger partial charge on any atom is -0.297 e. The molecule has 0 aliphatic carbocycles. The van der Waals surface area contributed by atoms with Crippen LogP contribution in [0.25, 0.3) is 0 Å². The van der Waals surface area contributed by atoms with Gasteiger partial charge in [0.15, 0.2) is 5.78 Å². The van der Waals surface area contributed by atoms with Gasteiger partial charge in [-0.15, -0.1) is 0 Å². The maximum absolute atomic E-state index is 11.6. The highest BCUT2D eigenvalue weighted by Crippen LogP contribution is 2.01. The van der Waals surface area contributed by atoms with E-state index in [4.69, 9.17) is 0 Å². The van der Waals surface area contributed by atoms with Crippen LogP contribution in [0.3, 0.4) is 0 Å². The third-order valence-corrected chi connectivity index (χ3v) is 1.97. The van der Waals surface area contributed by atoms with Crippen LogP contribution in [-0.4, -0.2) is 18.5 Å². The average Bonchev–Trinajstić information content (AvgIpc) is 2.25. The Kier molecular flexibility index (Phi) is 4.75. The molecule has 1 aromatic rings. The highest BCUT2D eigenvalue weighted by Gasteiger charge is 2.01. The first-order valence-electron chi connectivity index (χ1n) is 5.26. The zero-order valence-corrected chi connectivity index (χ0v) is 9.31. The summed E-state index contributed by atoms with van der Waals surface area (Å²) in [5.41, 5.74) is 0.758. The number of nitrogens with zero attached hydrogens (tertiary/aromatic N) is 1. The Labute approximate surface area is 91.0 Å². The summed E-state index contributed by atoms with van der Waals surface area (Å²) >= 11 is 0. The molecule has 1 aromatic carbocycles. The maximum Gasteiger partial charge on any atom is 0.168 e. The third kappa shape index (κ3) is 4.54. The zero-order valence-electron chi connectivity index (χ0n) is 9.31. The van der Waals surface area contributed by atoms with Crippen LogP contribution in [-0.2, 0) is 0 Å². The Bertz CT molecular complexity index is 328. The van der Waals surface area contributed by atoms with Gasteiger partial charge in [0.1, 0.15) is 0 Å². The zero-order chi connectivity index (χ0) is 11.1. The Hall–Kier alpha value is -1.44. The first-order valence-corrected chi connectivity index (χ1v) is 5.26. The van der Waals surface area contributed by atoms with Gasteiger partial charge in [-0.1, -0.05) is 44.2 Å². The average molecular weight is 203 g/mol. The second kappa shape index (κ2) is 6.12. The lowest BCUT2D eigenvalue weighted by Crippen LogP contribution is -2.00. The Balaban J connectivity index is 2.40. The van der Waals surface area contributed by atoms with Crippen molar-refractivity contribution >= 4 is 12.0 Å². The van der Waals surface area contributed by atoms with Gasteiger partial charge in [0.25, 0.3) is 0 Å². The Morgan fingerprint density at radius 2 is 2.00 bits per heavy atom. The predicted octanol–water partition coefficient (Wildman–Crippen LogP) is 2.99. The number of rotatable bonds is 5. The van der Waals surface area contributed by atoms with E-state index in [1.807, 2.05) is 30.3 Å². The van der Waals surface area contributed by atoms with Gasteiger partial charge in [0, 0.05) is 24.7 Å². The van der Waals surface area contributed by atoms with Crippen molar-refractivity contribution in [3.63, 3.8) is 0 Å². The van der Waals surface area contributed by atoms with Gasteiger partial charge in [0.05, 0.1) is 0 Å². The fraction of sp³-hybridized carbons (Fsp3) is 0.385. The Morgan fingerprint density at radius 3 is 2.60 bits per heavy atom. The molecule has 80 valence electrons. The minimum absolute atomic E-state index is 0.128. The molecule has 0 atom stereocenters. The molecule has 2 heteroatoms. The van der Waals surface area contributed by atoms with Crippen molar-refractivity contribution in [3.8, 4) is 0 Å². The Morgan fingerprint density at radius 1 is 1.33 bits per heavy atom. The second-order valence-corrected chi connectivity index (χ2v) is 3.93. The van der Waals surface area contributed by atoms with Crippen LogP contribution in [0.5, 0.6) is 0 Å². The van der Waals surface area contributed by atoms with Gasteiger partial charge in [-0.2, -0.15) is 0 Å². The van der Waals surface area contributed by atoms with Crippen LogP contribution in [0.15, 0.2) is 35.3 Å². The summed E-state index contributed by atoms with van der Waals surface area (Å²) < 4.78 is 0. The van der Waals surface area contributed by atoms with Gasteiger partial charge in [-0.05, 0) is 5.92 Å². The van der Waals surface area contributed by atoms with E-state index in [1.165, 1.54) is 0 Å². The molecule has 0 aromatic heterocycles. The molecule has 0 saturated carbocycles. The van der Waals surface area contributed by atoms with Gasteiger partial charge in [-0.25, -0.2) is 0 Å². The number of ketones is 1. The quantitative estimate of drug-likeness (QED) is 0.534. The SMILES string of the molecule is CC(C)CN=CCC(=O)c1ccccc1. The minimum atomic E-state index is 0.128. The molecule has 0 fully saturated rings. The van der Waals surface area contributed by atoms with Crippen LogP contribution in [0.1, 0.15) is 30.6 Å². The number of Topliss-reactive ketones (excluding diaryl/α,β-unsaturated/α-hetero) is 1. The lowest BCUT2D eigenvalue weighted by molar-refractivity contribution is 0.100. The van der Waals surface area contributed by atoms with Crippen molar-refractivity contribution in [2.45, 2.75) is 20.3 Å². The van der Waals surface area contributed by atoms with Crippen molar-refractivity contribution in [3.05, 3.63) is 35.9 Å². The molecule has 0 N–H and O–H groups in total. The molecule has 0 spiro atoms. The molecule has 0 bridgehead atoms. The molecular formula is C13H17NO. The van der Waals surface area contributed by atoms with Gasteiger partial charge < -0.3 is 0 Å². The molecule has 0 heterocycles. The van der Waals surface area contributed by atoms with E-state index in [1.54, 1.807) is 6.21 Å².